The fourth-order valence-electron chi connectivity index (χ4n) is 1.82. The molecule has 10 nitrogen and oxygen atoms in total. The molecule has 2 atom stereocenters. The van der Waals surface area contributed by atoms with Crippen LogP contribution in [0.5, 0.6) is 0 Å². The van der Waals surface area contributed by atoms with Crippen molar-refractivity contribution in [2.75, 3.05) is 6.54 Å². The van der Waals surface area contributed by atoms with E-state index >= 15 is 0 Å². The van der Waals surface area contributed by atoms with Gasteiger partial charge < -0.3 is 32.1 Å². The van der Waals surface area contributed by atoms with Crippen LogP contribution in [0.25, 0.3) is 0 Å². The molecule has 10 heteroatoms. The summed E-state index contributed by atoms with van der Waals surface area (Å²) in [6.07, 6.45) is 0.00541. The molecule has 0 aromatic heterocycles. The van der Waals surface area contributed by atoms with Gasteiger partial charge in [-0.15, -0.1) is 0 Å². The Labute approximate surface area is 127 Å². The Hall–Kier alpha value is -2.36. The number of nitrogens with two attached hydrogens (primary N) is 2. The van der Waals surface area contributed by atoms with Crippen molar-refractivity contribution in [3.05, 3.63) is 0 Å². The first-order valence-electron chi connectivity index (χ1n) is 6.70. The molecule has 0 saturated heterocycles. The maximum atomic E-state index is 11.2. The molecule has 0 radical (unpaired) electrons. The van der Waals surface area contributed by atoms with Crippen LogP contribution in [0.4, 0.5) is 0 Å². The Morgan fingerprint density at radius 1 is 1.05 bits per heavy atom. The lowest BCUT2D eigenvalue weighted by Crippen LogP contribution is -2.44. The van der Waals surface area contributed by atoms with E-state index in [0.29, 0.717) is 6.42 Å². The molecule has 0 aromatic carbocycles. The van der Waals surface area contributed by atoms with Crippen LogP contribution in [0.1, 0.15) is 32.1 Å². The molecule has 0 aliphatic heterocycles. The van der Waals surface area contributed by atoms with Crippen LogP contribution in [0.2, 0.25) is 0 Å². The summed E-state index contributed by atoms with van der Waals surface area (Å²) in [6, 6.07) is -1.73. The number of rotatable bonds is 12. The third-order valence-electron chi connectivity index (χ3n) is 2.81. The van der Waals surface area contributed by atoms with Crippen LogP contribution in [0, 0.1) is 0 Å². The first-order chi connectivity index (χ1) is 10.2. The highest BCUT2D eigenvalue weighted by molar-refractivity contribution is 5.75. The van der Waals surface area contributed by atoms with E-state index in [9.17, 15) is 14.4 Å². The number of aliphatic carboxylic acids is 3. The van der Waals surface area contributed by atoms with Gasteiger partial charge in [-0.3, -0.25) is 19.4 Å². The van der Waals surface area contributed by atoms with Crippen molar-refractivity contribution in [1.29, 1.82) is 0 Å². The van der Waals surface area contributed by atoms with Crippen LogP contribution in [0.3, 0.4) is 0 Å². The molecule has 8 N–H and O–H groups in total. The minimum atomic E-state index is -1.14. The lowest BCUT2D eigenvalue weighted by Gasteiger charge is -2.21. The molecule has 0 aliphatic carbocycles. The van der Waals surface area contributed by atoms with Crippen LogP contribution in [0.15, 0.2) is 4.99 Å². The standard InChI is InChI=1S/C12H22N4O6/c13-12(14)15-5-1-2-8(11(21)22)16-7(6-10(19)20)3-4-9(17)18/h7-8,16H,1-6H2,(H,17,18)(H,19,20)(H,21,22)(H4,13,14,15)/t7?,8-/m0/s1. The predicted octanol–water partition coefficient (Wildman–Crippen LogP) is -1.21. The number of nitrogens with zero attached hydrogens (tertiary/aromatic N) is 1. The normalized spacial score (nSPS) is 13.1. The lowest BCUT2D eigenvalue weighted by molar-refractivity contribution is -0.142. The minimum Gasteiger partial charge on any atom is -0.481 e. The van der Waals surface area contributed by atoms with E-state index in [-0.39, 0.29) is 38.2 Å². The summed E-state index contributed by atoms with van der Waals surface area (Å²) < 4.78 is 0. The molecule has 0 heterocycles. The monoisotopic (exact) mass is 318 g/mol. The molecule has 0 aromatic rings. The van der Waals surface area contributed by atoms with E-state index in [1.807, 2.05) is 0 Å². The summed E-state index contributed by atoms with van der Waals surface area (Å²) in [5.74, 6) is -3.44. The molecule has 0 saturated carbocycles. The van der Waals surface area contributed by atoms with Crippen LogP contribution in [-0.4, -0.2) is 57.8 Å². The lowest BCUT2D eigenvalue weighted by atomic mass is 10.0. The number of hydrogen-bond donors (Lipinski definition) is 6. The van der Waals surface area contributed by atoms with Crippen LogP contribution >= 0.6 is 0 Å². The second-order valence-corrected chi connectivity index (χ2v) is 4.73. The molecule has 1 unspecified atom stereocenters. The summed E-state index contributed by atoms with van der Waals surface area (Å²) in [5, 5.41) is 29.2. The molecule has 0 fully saturated rings. The summed E-state index contributed by atoms with van der Waals surface area (Å²) in [6.45, 7) is 0.256. The number of aliphatic imine (C=N–C) groups is 1. The fourth-order valence-corrected chi connectivity index (χ4v) is 1.82. The van der Waals surface area contributed by atoms with Gasteiger partial charge in [0, 0.05) is 19.0 Å². The van der Waals surface area contributed by atoms with Gasteiger partial charge in [-0.05, 0) is 19.3 Å². The summed E-state index contributed by atoms with van der Waals surface area (Å²) in [7, 11) is 0. The molecular formula is C12H22N4O6. The maximum absolute atomic E-state index is 11.2. The van der Waals surface area contributed by atoms with Crippen molar-refractivity contribution in [3.63, 3.8) is 0 Å². The SMILES string of the molecule is NC(N)=NCCC[C@H](NC(CCC(=O)O)CC(=O)O)C(=O)O. The molecule has 126 valence electrons. The maximum Gasteiger partial charge on any atom is 0.320 e. The zero-order chi connectivity index (χ0) is 17.1. The van der Waals surface area contributed by atoms with Crippen LogP contribution < -0.4 is 16.8 Å². The van der Waals surface area contributed by atoms with Crippen molar-refractivity contribution in [2.24, 2.45) is 16.5 Å². The second kappa shape index (κ2) is 10.4. The van der Waals surface area contributed by atoms with E-state index in [0.717, 1.165) is 0 Å². The topological polar surface area (TPSA) is 188 Å². The van der Waals surface area contributed by atoms with E-state index < -0.39 is 30.0 Å². The van der Waals surface area contributed by atoms with Crippen molar-refractivity contribution in [3.8, 4) is 0 Å². The number of carbonyl (C=O) groups is 3. The van der Waals surface area contributed by atoms with Crippen molar-refractivity contribution < 1.29 is 29.7 Å². The Bertz CT molecular complexity index is 422. The number of guanidine groups is 1. The van der Waals surface area contributed by atoms with Gasteiger partial charge in [-0.1, -0.05) is 0 Å². The molecular weight excluding hydrogens is 296 g/mol. The smallest absolute Gasteiger partial charge is 0.320 e. The highest BCUT2D eigenvalue weighted by Crippen LogP contribution is 2.07. The molecule has 0 rings (SSSR count). The van der Waals surface area contributed by atoms with E-state index in [1.54, 1.807) is 0 Å². The van der Waals surface area contributed by atoms with E-state index in [2.05, 4.69) is 10.3 Å². The third kappa shape index (κ3) is 10.4. The van der Waals surface area contributed by atoms with Gasteiger partial charge in [-0.2, -0.15) is 0 Å². The number of carboxylic acid groups (broad SMARTS) is 3. The number of nitrogens with one attached hydrogen (secondary N) is 1. The largest absolute Gasteiger partial charge is 0.481 e. The zero-order valence-electron chi connectivity index (χ0n) is 12.1. The fraction of sp³-hybridized carbons (Fsp3) is 0.667. The molecule has 0 aliphatic rings. The van der Waals surface area contributed by atoms with Gasteiger partial charge in [-0.25, -0.2) is 0 Å². The van der Waals surface area contributed by atoms with Crippen molar-refractivity contribution >= 4 is 23.9 Å². The van der Waals surface area contributed by atoms with Crippen LogP contribution in [-0.2, 0) is 14.4 Å². The molecule has 0 amide bonds. The van der Waals surface area contributed by atoms with Crippen molar-refractivity contribution in [2.45, 2.75) is 44.2 Å². The Kier molecular flexibility index (Phi) is 9.27. The molecule has 0 spiro atoms. The average Bonchev–Trinajstić information content (AvgIpc) is 2.37. The highest BCUT2D eigenvalue weighted by atomic mass is 16.4. The van der Waals surface area contributed by atoms with Crippen molar-refractivity contribution in [1.82, 2.24) is 5.32 Å². The first-order valence-corrected chi connectivity index (χ1v) is 6.70. The molecule has 22 heavy (non-hydrogen) atoms. The van der Waals surface area contributed by atoms with E-state index in [4.69, 9.17) is 26.8 Å². The Balaban J connectivity index is 4.54. The molecule has 0 bridgehead atoms. The quantitative estimate of drug-likeness (QED) is 0.146. The second-order valence-electron chi connectivity index (χ2n) is 4.73. The van der Waals surface area contributed by atoms with Gasteiger partial charge >= 0.3 is 17.9 Å². The summed E-state index contributed by atoms with van der Waals surface area (Å²) in [5.41, 5.74) is 10.3. The van der Waals surface area contributed by atoms with Gasteiger partial charge in [0.1, 0.15) is 6.04 Å². The zero-order valence-corrected chi connectivity index (χ0v) is 12.1. The predicted molar refractivity (Wildman–Crippen MR) is 77.4 cm³/mol. The van der Waals surface area contributed by atoms with Gasteiger partial charge in [0.25, 0.3) is 0 Å². The third-order valence-corrected chi connectivity index (χ3v) is 2.81. The van der Waals surface area contributed by atoms with Gasteiger partial charge in [0.2, 0.25) is 0 Å². The minimum absolute atomic E-state index is 0.0271. The van der Waals surface area contributed by atoms with Gasteiger partial charge in [0.05, 0.1) is 6.42 Å². The van der Waals surface area contributed by atoms with E-state index in [1.165, 1.54) is 0 Å². The average molecular weight is 318 g/mol. The summed E-state index contributed by atoms with van der Waals surface area (Å²) >= 11 is 0. The first kappa shape index (κ1) is 19.6. The van der Waals surface area contributed by atoms with Gasteiger partial charge in [0.15, 0.2) is 5.96 Å². The Morgan fingerprint density at radius 2 is 1.68 bits per heavy atom. The Morgan fingerprint density at radius 3 is 2.14 bits per heavy atom. The number of hydrogen-bond acceptors (Lipinski definition) is 5. The summed E-state index contributed by atoms with van der Waals surface area (Å²) in [4.78, 5) is 36.2. The highest BCUT2D eigenvalue weighted by Gasteiger charge is 2.23. The number of carboxylic acids is 3.